The van der Waals surface area contributed by atoms with Crippen molar-refractivity contribution < 1.29 is 33.1 Å². The van der Waals surface area contributed by atoms with Gasteiger partial charge in [0.25, 0.3) is 0 Å². The van der Waals surface area contributed by atoms with Crippen molar-refractivity contribution in [3.63, 3.8) is 0 Å². The van der Waals surface area contributed by atoms with Crippen LogP contribution in [0.3, 0.4) is 0 Å². The van der Waals surface area contributed by atoms with Crippen LogP contribution in [0.25, 0.3) is 0 Å². The Balaban J connectivity index is 0.695. The molecule has 0 bridgehead atoms. The molecule has 0 aliphatic carbocycles. The minimum Gasteiger partial charge on any atom is -0.383 e. The summed E-state index contributed by atoms with van der Waals surface area (Å²) in [6.45, 7) is 20.6. The smallest absolute Gasteiger partial charge is 0.249 e. The van der Waals surface area contributed by atoms with Crippen molar-refractivity contribution in [2.75, 3.05) is 113 Å². The van der Waals surface area contributed by atoms with E-state index in [4.69, 9.17) is 0 Å². The van der Waals surface area contributed by atoms with Gasteiger partial charge in [0, 0.05) is 76.6 Å². The van der Waals surface area contributed by atoms with E-state index in [9.17, 15) is 24.3 Å². The lowest BCUT2D eigenvalue weighted by Crippen LogP contribution is -2.66. The molecule has 4 atom stereocenters. The number of benzene rings is 2. The summed E-state index contributed by atoms with van der Waals surface area (Å²) in [7, 11) is 0. The first-order valence-corrected chi connectivity index (χ1v) is 28.4. The number of aliphatic hydroxyl groups excluding tert-OH is 1. The molecule has 2 spiro atoms. The highest BCUT2D eigenvalue weighted by Gasteiger charge is 2.44. The molecule has 0 saturated carbocycles. The topological polar surface area (TPSA) is 191 Å². The van der Waals surface area contributed by atoms with Crippen LogP contribution in [0.1, 0.15) is 104 Å². The Morgan fingerprint density at radius 1 is 0.766 bits per heavy atom. The number of hydrogen-bond acceptors (Lipinski definition) is 13. The molecule has 2 aromatic carbocycles. The molecular weight excluding hydrogens is 983 g/mol. The predicted octanol–water partition coefficient (Wildman–Crippen LogP) is 4.95. The number of carbonyl (C=O) groups excluding carboxylic acids is 4. The maximum absolute atomic E-state index is 15.7. The summed E-state index contributed by atoms with van der Waals surface area (Å²) in [5.41, 5.74) is 1.36. The van der Waals surface area contributed by atoms with Crippen molar-refractivity contribution in [2.45, 2.75) is 123 Å². The van der Waals surface area contributed by atoms with Gasteiger partial charge in [0.1, 0.15) is 41.7 Å². The fourth-order valence-electron chi connectivity index (χ4n) is 12.2. The third kappa shape index (κ3) is 16.1. The van der Waals surface area contributed by atoms with E-state index < -0.39 is 35.2 Å². The Labute approximate surface area is 455 Å². The van der Waals surface area contributed by atoms with Crippen LogP contribution < -0.4 is 36.4 Å². The highest BCUT2D eigenvalue weighted by Crippen LogP contribution is 2.40. The lowest BCUT2D eigenvalue weighted by Gasteiger charge is -2.48. The van der Waals surface area contributed by atoms with Crippen LogP contribution in [0.2, 0.25) is 0 Å². The molecule has 8 rings (SSSR count). The molecule has 77 heavy (non-hydrogen) atoms. The van der Waals surface area contributed by atoms with Gasteiger partial charge in [0.05, 0.1) is 24.3 Å². The maximum atomic E-state index is 15.7. The number of amides is 4. The summed E-state index contributed by atoms with van der Waals surface area (Å²) >= 11 is 0. The van der Waals surface area contributed by atoms with Gasteiger partial charge in [-0.2, -0.15) is 0 Å². The number of aliphatic hydroxyl groups is 1. The summed E-state index contributed by atoms with van der Waals surface area (Å²) in [4.78, 5) is 72.2. The second-order valence-corrected chi connectivity index (χ2v) is 24.3. The fraction of sp³-hybridized carbons (Fsp3) is 0.655. The Morgan fingerprint density at radius 3 is 2.21 bits per heavy atom. The molecule has 5 saturated heterocycles. The summed E-state index contributed by atoms with van der Waals surface area (Å²) in [5, 5.41) is 26.3. The van der Waals surface area contributed by atoms with Gasteiger partial charge in [-0.05, 0) is 131 Å². The van der Waals surface area contributed by atoms with Crippen molar-refractivity contribution in [1.82, 2.24) is 45.9 Å². The monoisotopic (exact) mass is 1070 g/mol. The summed E-state index contributed by atoms with van der Waals surface area (Å²) in [6, 6.07) is 13.5. The Morgan fingerprint density at radius 2 is 1.47 bits per heavy atom. The normalized spacial score (nSPS) is 22.0. The number of aromatic nitrogens is 2. The van der Waals surface area contributed by atoms with Crippen molar-refractivity contribution in [3.8, 4) is 0 Å². The molecule has 0 radical (unpaired) electrons. The first-order valence-electron chi connectivity index (χ1n) is 28.4. The van der Waals surface area contributed by atoms with Crippen molar-refractivity contribution in [3.05, 3.63) is 77.6 Å². The average Bonchev–Trinajstić information content (AvgIpc) is 4.00. The zero-order valence-electron chi connectivity index (χ0n) is 46.4. The van der Waals surface area contributed by atoms with Crippen LogP contribution in [-0.2, 0) is 32.1 Å². The van der Waals surface area contributed by atoms with Gasteiger partial charge in [-0.15, -0.1) is 0 Å². The third-order valence-corrected chi connectivity index (χ3v) is 16.9. The van der Waals surface area contributed by atoms with E-state index >= 15 is 8.78 Å². The number of likely N-dealkylation sites (tertiary alicyclic amines) is 3. The minimum absolute atomic E-state index is 0.0167. The lowest BCUT2D eigenvalue weighted by atomic mass is 9.82. The molecule has 422 valence electrons. The van der Waals surface area contributed by atoms with Crippen LogP contribution in [0, 0.1) is 34.3 Å². The standard InChI is InChI=1S/C58H86F2N12O5/c1-41(2)29-47(66-55(77)53(75)42(3)30-43-11-7-6-8-12-43)54(76)63-21-10-22-69-25-15-57(37-69)16-26-70(38-57)35-51(73)62-20-9-19-61-49-33-50(65-40-64-49)71-27-17-58(18-28-71)39-72(36-52(74)67-58)48-32-45(59)44(31-46(48)60)34-68-23-13-56(4,5)14-24-68/h6-8,11-12,31-33,40-42,47,53,75H,9-10,13-30,34-39H2,1-5H3,(H,62,73)(H,63,76)(H,66,77)(H,67,74)(H,61,64,65)/t42-,47+,53+,57+/m1/s1. The molecule has 17 nitrogen and oxygen atoms in total. The summed E-state index contributed by atoms with van der Waals surface area (Å²) in [6.07, 6.45) is 8.24. The Kier molecular flexibility index (Phi) is 19.5. The average molecular weight is 1070 g/mol. The largest absolute Gasteiger partial charge is 0.383 e. The van der Waals surface area contributed by atoms with Gasteiger partial charge in [0.15, 0.2) is 0 Å². The van der Waals surface area contributed by atoms with E-state index in [1.165, 1.54) is 18.5 Å². The van der Waals surface area contributed by atoms with Crippen molar-refractivity contribution in [2.24, 2.45) is 22.7 Å². The molecule has 0 unspecified atom stereocenters. The van der Waals surface area contributed by atoms with Crippen molar-refractivity contribution in [1.29, 1.82) is 0 Å². The minimum atomic E-state index is -1.22. The number of nitrogens with one attached hydrogen (secondary N) is 5. The van der Waals surface area contributed by atoms with E-state index in [0.29, 0.717) is 95.8 Å². The van der Waals surface area contributed by atoms with Gasteiger partial charge < -0.3 is 46.4 Å². The summed E-state index contributed by atoms with van der Waals surface area (Å²) in [5.74, 6) is -0.568. The van der Waals surface area contributed by atoms with Gasteiger partial charge in [-0.1, -0.05) is 65.0 Å². The van der Waals surface area contributed by atoms with Crippen molar-refractivity contribution >= 4 is 41.0 Å². The van der Waals surface area contributed by atoms with Crippen LogP contribution >= 0.6 is 0 Å². The van der Waals surface area contributed by atoms with E-state index in [2.05, 4.69) is 70.0 Å². The zero-order valence-corrected chi connectivity index (χ0v) is 46.4. The second-order valence-electron chi connectivity index (χ2n) is 24.3. The van der Waals surface area contributed by atoms with Gasteiger partial charge in [-0.3, -0.25) is 29.0 Å². The number of rotatable bonds is 23. The Hall–Kier alpha value is -5.50. The quantitative estimate of drug-likeness (QED) is 0.0702. The number of nitrogens with zero attached hydrogens (tertiary/aromatic N) is 7. The van der Waals surface area contributed by atoms with Gasteiger partial charge in [-0.25, -0.2) is 18.7 Å². The molecule has 3 aromatic rings. The molecule has 6 N–H and O–H groups in total. The molecule has 5 aliphatic heterocycles. The lowest BCUT2D eigenvalue weighted by molar-refractivity contribution is -0.136. The number of piperidine rings is 2. The molecule has 1 aromatic heterocycles. The van der Waals surface area contributed by atoms with Crippen LogP contribution in [0.15, 0.2) is 54.9 Å². The SMILES string of the molecule is CC(C)C[C@H](NC(=O)[C@@H](O)[C@H](C)Cc1ccccc1)C(=O)NCCCN1CC[C@]2(CCN(CC(=O)NCCCNc3cc(N4CCC5(CC4)CN(c4cc(F)c(CN6CCC(C)(C)CC6)cc4F)CC(=O)N5)ncn3)C2)C1. The van der Waals surface area contributed by atoms with Gasteiger partial charge in [0.2, 0.25) is 23.6 Å². The number of carbonyl (C=O) groups is 4. The first-order chi connectivity index (χ1) is 36.8. The van der Waals surface area contributed by atoms with E-state index in [1.807, 2.05) is 57.2 Å². The third-order valence-electron chi connectivity index (χ3n) is 16.9. The number of halogens is 2. The highest BCUT2D eigenvalue weighted by molar-refractivity contribution is 5.89. The second kappa shape index (κ2) is 26.0. The zero-order chi connectivity index (χ0) is 54.7. The number of piperazine rings is 1. The molecule has 19 heteroatoms. The maximum Gasteiger partial charge on any atom is 0.249 e. The van der Waals surface area contributed by atoms with E-state index in [-0.39, 0.29) is 52.6 Å². The van der Waals surface area contributed by atoms with E-state index in [1.54, 1.807) is 4.90 Å². The molecule has 5 aliphatic rings. The Bertz CT molecular complexity index is 2470. The fourth-order valence-corrected chi connectivity index (χ4v) is 12.2. The van der Waals surface area contributed by atoms with Gasteiger partial charge >= 0.3 is 0 Å². The molecule has 6 heterocycles. The highest BCUT2D eigenvalue weighted by atomic mass is 19.1. The first kappa shape index (κ1) is 57.7. The molecule has 4 amide bonds. The molecule has 5 fully saturated rings. The number of hydrogen-bond donors (Lipinski definition) is 6. The van der Waals surface area contributed by atoms with Crippen LogP contribution in [-0.4, -0.2) is 169 Å². The van der Waals surface area contributed by atoms with Crippen LogP contribution in [0.4, 0.5) is 26.1 Å². The molecular formula is C58H86F2N12O5. The van der Waals surface area contributed by atoms with Crippen LogP contribution in [0.5, 0.6) is 0 Å². The summed E-state index contributed by atoms with van der Waals surface area (Å²) < 4.78 is 31.2. The predicted molar refractivity (Wildman–Crippen MR) is 296 cm³/mol. The number of anilines is 3. The van der Waals surface area contributed by atoms with E-state index in [0.717, 1.165) is 89.3 Å².